The van der Waals surface area contributed by atoms with E-state index < -0.39 is 41.1 Å². The van der Waals surface area contributed by atoms with E-state index in [4.69, 9.17) is 14.9 Å². The van der Waals surface area contributed by atoms with E-state index in [1.807, 2.05) is 0 Å². The van der Waals surface area contributed by atoms with Crippen LogP contribution in [0.2, 0.25) is 0 Å². The maximum Gasteiger partial charge on any atom is 0.360 e. The van der Waals surface area contributed by atoms with Gasteiger partial charge in [-0.3, -0.25) is 9.35 Å². The number of anilines is 1. The lowest BCUT2D eigenvalue weighted by Gasteiger charge is -2.27. The highest BCUT2D eigenvalue weighted by atomic mass is 32.2. The van der Waals surface area contributed by atoms with Gasteiger partial charge in [0.1, 0.15) is 11.8 Å². The Labute approximate surface area is 126 Å². The first-order valence-electron chi connectivity index (χ1n) is 6.02. The normalized spacial score (nSPS) is 12.5. The molecule has 1 atom stereocenters. The van der Waals surface area contributed by atoms with E-state index >= 15 is 0 Å². The Kier molecular flexibility index (Phi) is 5.71. The lowest BCUT2D eigenvalue weighted by molar-refractivity contribution is -0.139. The zero-order chi connectivity index (χ0) is 16.9. The van der Waals surface area contributed by atoms with Crippen molar-refractivity contribution in [3.05, 3.63) is 24.3 Å². The minimum absolute atomic E-state index is 0.124. The Morgan fingerprint density at radius 3 is 2.14 bits per heavy atom. The molecule has 0 bridgehead atoms. The minimum Gasteiger partial charge on any atom is -0.497 e. The minimum atomic E-state index is -4.91. The van der Waals surface area contributed by atoms with Crippen molar-refractivity contribution in [2.45, 2.75) is 18.9 Å². The van der Waals surface area contributed by atoms with Crippen LogP contribution in [0.5, 0.6) is 5.75 Å². The van der Waals surface area contributed by atoms with E-state index in [-0.39, 0.29) is 9.99 Å². The number of carbonyl (C=O) groups is 2. The Bertz CT molecular complexity index is 640. The summed E-state index contributed by atoms with van der Waals surface area (Å²) in [6.45, 7) is 0. The summed E-state index contributed by atoms with van der Waals surface area (Å²) in [6, 6.07) is 3.49. The predicted molar refractivity (Wildman–Crippen MR) is 75.3 cm³/mol. The Balaban J connectivity index is 3.24. The summed E-state index contributed by atoms with van der Waals surface area (Å²) in [5.74, 6) is -2.46. The highest BCUT2D eigenvalue weighted by Crippen LogP contribution is 2.25. The van der Waals surface area contributed by atoms with Crippen molar-refractivity contribution < 1.29 is 37.5 Å². The van der Waals surface area contributed by atoms with Gasteiger partial charge in [-0.15, -0.1) is 0 Å². The van der Waals surface area contributed by atoms with Crippen LogP contribution in [-0.4, -0.2) is 48.3 Å². The van der Waals surface area contributed by atoms with Gasteiger partial charge in [-0.25, -0.2) is 9.10 Å². The molecule has 22 heavy (non-hydrogen) atoms. The van der Waals surface area contributed by atoms with E-state index in [2.05, 4.69) is 0 Å². The first-order valence-corrected chi connectivity index (χ1v) is 7.42. The van der Waals surface area contributed by atoms with Crippen molar-refractivity contribution in [1.29, 1.82) is 0 Å². The number of hydrogen-bond acceptors (Lipinski definition) is 5. The average molecular weight is 333 g/mol. The summed E-state index contributed by atoms with van der Waals surface area (Å²) in [6.07, 6.45) is -1.07. The molecule has 0 aromatic heterocycles. The van der Waals surface area contributed by atoms with Crippen LogP contribution in [0.1, 0.15) is 12.8 Å². The summed E-state index contributed by atoms with van der Waals surface area (Å²) in [5.41, 5.74) is -0.124. The summed E-state index contributed by atoms with van der Waals surface area (Å²) < 4.78 is 37.5. The summed E-state index contributed by atoms with van der Waals surface area (Å²) in [7, 11) is -3.52. The monoisotopic (exact) mass is 333 g/mol. The molecule has 0 aliphatic heterocycles. The molecule has 0 aliphatic carbocycles. The number of ether oxygens (including phenoxy) is 1. The van der Waals surface area contributed by atoms with Crippen LogP contribution < -0.4 is 9.04 Å². The molecule has 0 radical (unpaired) electrons. The number of hydrogen-bond donors (Lipinski definition) is 3. The molecule has 1 aromatic carbocycles. The van der Waals surface area contributed by atoms with Crippen LogP contribution in [-0.2, 0) is 19.9 Å². The number of aliphatic carboxylic acids is 2. The highest BCUT2D eigenvalue weighted by molar-refractivity contribution is 7.87. The molecule has 1 aromatic rings. The second-order valence-electron chi connectivity index (χ2n) is 4.26. The van der Waals surface area contributed by atoms with E-state index in [0.29, 0.717) is 5.75 Å². The third kappa shape index (κ3) is 4.60. The van der Waals surface area contributed by atoms with Gasteiger partial charge in [0.2, 0.25) is 0 Å². The van der Waals surface area contributed by atoms with E-state index in [0.717, 1.165) is 0 Å². The van der Waals surface area contributed by atoms with E-state index in [9.17, 15) is 22.6 Å². The summed E-state index contributed by atoms with van der Waals surface area (Å²) in [5, 5.41) is 17.8. The fraction of sp³-hybridized carbons (Fsp3) is 0.333. The second-order valence-corrected chi connectivity index (χ2v) is 5.55. The van der Waals surface area contributed by atoms with Gasteiger partial charge in [0.05, 0.1) is 12.8 Å². The van der Waals surface area contributed by atoms with E-state index in [1.54, 1.807) is 0 Å². The maximum atomic E-state index is 11.5. The third-order valence-electron chi connectivity index (χ3n) is 2.78. The Morgan fingerprint density at radius 1 is 1.23 bits per heavy atom. The van der Waals surface area contributed by atoms with Crippen LogP contribution in [0, 0.1) is 0 Å². The van der Waals surface area contributed by atoms with Crippen LogP contribution in [0.15, 0.2) is 24.3 Å². The predicted octanol–water partition coefficient (Wildman–Crippen LogP) is 0.622. The van der Waals surface area contributed by atoms with E-state index in [1.165, 1.54) is 31.4 Å². The van der Waals surface area contributed by atoms with Gasteiger partial charge >= 0.3 is 22.2 Å². The molecule has 0 saturated carbocycles. The third-order valence-corrected chi connectivity index (χ3v) is 3.74. The Morgan fingerprint density at radius 2 is 1.77 bits per heavy atom. The largest absolute Gasteiger partial charge is 0.497 e. The molecule has 0 saturated heterocycles. The second kappa shape index (κ2) is 7.09. The molecule has 1 rings (SSSR count). The molecule has 9 nitrogen and oxygen atoms in total. The lowest BCUT2D eigenvalue weighted by Crippen LogP contribution is -2.45. The zero-order valence-corrected chi connectivity index (χ0v) is 12.4. The average Bonchev–Trinajstić information content (AvgIpc) is 2.41. The first-order chi connectivity index (χ1) is 10.2. The molecule has 0 fully saturated rings. The topological polar surface area (TPSA) is 141 Å². The van der Waals surface area contributed by atoms with Gasteiger partial charge in [-0.1, -0.05) is 0 Å². The Hall–Kier alpha value is -2.33. The molecule has 10 heteroatoms. The van der Waals surface area contributed by atoms with Gasteiger partial charge in [0, 0.05) is 6.42 Å². The number of nitrogens with zero attached hydrogens (tertiary/aromatic N) is 1. The molecule has 0 unspecified atom stereocenters. The zero-order valence-electron chi connectivity index (χ0n) is 11.5. The van der Waals surface area contributed by atoms with Gasteiger partial charge in [0.15, 0.2) is 0 Å². The number of methoxy groups -OCH3 is 1. The van der Waals surface area contributed by atoms with Gasteiger partial charge in [-0.05, 0) is 30.7 Å². The number of carboxylic acids is 2. The van der Waals surface area contributed by atoms with Crippen LogP contribution in [0.4, 0.5) is 5.69 Å². The van der Waals surface area contributed by atoms with Crippen molar-refractivity contribution in [2.75, 3.05) is 11.4 Å². The molecule has 122 valence electrons. The van der Waals surface area contributed by atoms with Gasteiger partial charge in [0.25, 0.3) is 0 Å². The first kappa shape index (κ1) is 17.7. The quantitative estimate of drug-likeness (QED) is 0.588. The summed E-state index contributed by atoms with van der Waals surface area (Å²) >= 11 is 0. The number of carboxylic acid groups (broad SMARTS) is 2. The van der Waals surface area contributed by atoms with Gasteiger partial charge in [-0.2, -0.15) is 8.42 Å². The number of benzene rings is 1. The molecular formula is C12H15NO8S. The fourth-order valence-corrected chi connectivity index (χ4v) is 2.71. The van der Waals surface area contributed by atoms with Crippen LogP contribution in [0.25, 0.3) is 0 Å². The molecule has 3 N–H and O–H groups in total. The van der Waals surface area contributed by atoms with Crippen LogP contribution in [0.3, 0.4) is 0 Å². The van der Waals surface area contributed by atoms with Gasteiger partial charge < -0.3 is 14.9 Å². The molecular weight excluding hydrogens is 318 g/mol. The van der Waals surface area contributed by atoms with Crippen molar-refractivity contribution in [3.8, 4) is 5.75 Å². The van der Waals surface area contributed by atoms with Crippen molar-refractivity contribution in [1.82, 2.24) is 0 Å². The standard InChI is InChI=1S/C12H15NO8S/c1-21-9-4-2-8(3-5-9)13(22(18,19)20)10(12(16)17)6-7-11(14)15/h2-5,10H,6-7H2,1H3,(H,14,15)(H,16,17)(H,18,19,20)/t10-/m0/s1. The molecule has 0 aliphatic rings. The summed E-state index contributed by atoms with van der Waals surface area (Å²) in [4.78, 5) is 21.8. The molecule has 0 spiro atoms. The SMILES string of the molecule is COc1ccc(N([C@@H](CCC(=O)O)C(=O)O)S(=O)(=O)O)cc1. The smallest absolute Gasteiger partial charge is 0.360 e. The molecule has 0 amide bonds. The van der Waals surface area contributed by atoms with Crippen LogP contribution >= 0.6 is 0 Å². The lowest BCUT2D eigenvalue weighted by atomic mass is 10.1. The van der Waals surface area contributed by atoms with Crippen molar-refractivity contribution in [3.63, 3.8) is 0 Å². The maximum absolute atomic E-state index is 11.5. The molecule has 0 heterocycles. The van der Waals surface area contributed by atoms with Crippen molar-refractivity contribution in [2.24, 2.45) is 0 Å². The fourth-order valence-electron chi connectivity index (χ4n) is 1.80. The van der Waals surface area contributed by atoms with Crippen molar-refractivity contribution >= 4 is 27.9 Å². The number of rotatable bonds is 8. The highest BCUT2D eigenvalue weighted by Gasteiger charge is 2.34.